The van der Waals surface area contributed by atoms with Gasteiger partial charge in [-0.3, -0.25) is 4.57 Å². The highest BCUT2D eigenvalue weighted by Crippen LogP contribution is 2.29. The molecule has 3 rings (SSSR count). The van der Waals surface area contributed by atoms with E-state index in [0.717, 1.165) is 36.7 Å². The number of aryl methyl sites for hydroxylation is 1. The molecule has 1 aliphatic carbocycles. The Morgan fingerprint density at radius 2 is 1.86 bits per heavy atom. The van der Waals surface area contributed by atoms with Gasteiger partial charge in [0.2, 0.25) is 0 Å². The van der Waals surface area contributed by atoms with Gasteiger partial charge in [-0.05, 0) is 62.1 Å². The number of Topliss-reactive ketones (excluding diaryl/α,β-unsaturated/α-hetero) is 1. The van der Waals surface area contributed by atoms with Crippen LogP contribution in [0.1, 0.15) is 71.3 Å². The molecule has 2 aromatic rings. The van der Waals surface area contributed by atoms with Crippen LogP contribution in [0.3, 0.4) is 0 Å². The average molecular weight is 387 g/mol. The van der Waals surface area contributed by atoms with E-state index < -0.39 is 0 Å². The van der Waals surface area contributed by atoms with Crippen LogP contribution in [0.5, 0.6) is 6.01 Å². The molecular weight excluding hydrogens is 352 g/mol. The predicted molar refractivity (Wildman–Crippen MR) is 112 cm³/mol. The first-order valence-electron chi connectivity index (χ1n) is 10.6. The highest BCUT2D eigenvalue weighted by atomic mass is 16.5. The average Bonchev–Trinajstić information content (AvgIpc) is 2.96. The smallest absolute Gasteiger partial charge is 0.297 e. The van der Waals surface area contributed by atoms with E-state index in [2.05, 4.69) is 43.5 Å². The van der Waals surface area contributed by atoms with E-state index in [4.69, 9.17) is 14.5 Å². The lowest BCUT2D eigenvalue weighted by Crippen LogP contribution is -2.30. The maximum atomic E-state index is 11.2. The number of imidazole rings is 1. The first-order valence-corrected chi connectivity index (χ1v) is 10.6. The predicted octanol–water partition coefficient (Wildman–Crippen LogP) is 5.02. The van der Waals surface area contributed by atoms with E-state index in [1.54, 1.807) is 6.92 Å². The number of fused-ring (bicyclic) bond motifs is 1. The van der Waals surface area contributed by atoms with Gasteiger partial charge >= 0.3 is 0 Å². The largest absolute Gasteiger partial charge is 0.461 e. The second-order valence-corrected chi connectivity index (χ2v) is 8.72. The fourth-order valence-electron chi connectivity index (χ4n) is 3.97. The van der Waals surface area contributed by atoms with E-state index >= 15 is 0 Å². The zero-order chi connectivity index (χ0) is 20.3. The van der Waals surface area contributed by atoms with Crippen molar-refractivity contribution in [3.05, 3.63) is 23.8 Å². The highest BCUT2D eigenvalue weighted by Gasteiger charge is 2.25. The summed E-state index contributed by atoms with van der Waals surface area (Å²) in [6.45, 7) is 8.79. The summed E-state index contributed by atoms with van der Waals surface area (Å²) in [5.41, 5.74) is 3.43. The van der Waals surface area contributed by atoms with Gasteiger partial charge in [0.15, 0.2) is 0 Å². The number of carbonyl (C=O) groups excluding carboxylic acids is 1. The van der Waals surface area contributed by atoms with Gasteiger partial charge in [0.05, 0.1) is 17.1 Å². The number of hydrogen-bond donors (Lipinski definition) is 0. The molecule has 0 radical (unpaired) electrons. The fraction of sp³-hybridized carbons (Fsp3) is 0.652. The Balaban J connectivity index is 1.53. The molecular formula is C23H34N2O3. The van der Waals surface area contributed by atoms with Crippen molar-refractivity contribution in [1.82, 2.24) is 9.55 Å². The standard InChI is InChI=1S/C23H34N2O3/c1-15(2)18-6-11-21-22(13-18)25(5)23(24-21)28-20-9-7-19(8-10-20)27-14-16(3)12-17(4)26/h6,11,13,15-16,19-20H,7-10,12,14H2,1-5H3/t16-,19?,20?/m1/s1. The molecule has 0 aliphatic heterocycles. The monoisotopic (exact) mass is 386 g/mol. The zero-order valence-electron chi connectivity index (χ0n) is 17.9. The number of benzene rings is 1. The van der Waals surface area contributed by atoms with Crippen molar-refractivity contribution in [3.8, 4) is 6.01 Å². The Labute approximate surface area is 168 Å². The minimum absolute atomic E-state index is 0.189. The lowest BCUT2D eigenvalue weighted by atomic mass is 9.95. The molecule has 5 nitrogen and oxygen atoms in total. The van der Waals surface area contributed by atoms with Crippen molar-refractivity contribution in [3.63, 3.8) is 0 Å². The van der Waals surface area contributed by atoms with Crippen LogP contribution in [0.25, 0.3) is 11.0 Å². The van der Waals surface area contributed by atoms with Gasteiger partial charge in [-0.1, -0.05) is 26.8 Å². The molecule has 5 heteroatoms. The van der Waals surface area contributed by atoms with Crippen LogP contribution in [-0.4, -0.2) is 34.1 Å². The summed E-state index contributed by atoms with van der Waals surface area (Å²) in [5.74, 6) is 1.02. The second kappa shape index (κ2) is 9.08. The Bertz CT molecular complexity index is 804. The molecule has 154 valence electrons. The van der Waals surface area contributed by atoms with Gasteiger partial charge in [0.25, 0.3) is 6.01 Å². The first kappa shape index (κ1) is 20.8. The number of rotatable bonds is 8. The third-order valence-electron chi connectivity index (χ3n) is 5.68. The first-order chi connectivity index (χ1) is 13.3. The van der Waals surface area contributed by atoms with Gasteiger partial charge in [0, 0.05) is 20.1 Å². The zero-order valence-corrected chi connectivity index (χ0v) is 17.9. The molecule has 1 fully saturated rings. The molecule has 0 bridgehead atoms. The summed E-state index contributed by atoms with van der Waals surface area (Å²) in [6, 6.07) is 7.16. The second-order valence-electron chi connectivity index (χ2n) is 8.72. The molecule has 0 unspecified atom stereocenters. The van der Waals surface area contributed by atoms with Crippen LogP contribution in [0, 0.1) is 5.92 Å². The molecule has 0 spiro atoms. The molecule has 0 saturated heterocycles. The van der Waals surface area contributed by atoms with Crippen LogP contribution in [0.15, 0.2) is 18.2 Å². The minimum atomic E-state index is 0.189. The number of ketones is 1. The summed E-state index contributed by atoms with van der Waals surface area (Å²) in [7, 11) is 2.03. The van der Waals surface area contributed by atoms with Crippen molar-refractivity contribution in [1.29, 1.82) is 0 Å². The maximum Gasteiger partial charge on any atom is 0.297 e. The van der Waals surface area contributed by atoms with E-state index in [-0.39, 0.29) is 18.0 Å². The fourth-order valence-corrected chi connectivity index (χ4v) is 3.97. The lowest BCUT2D eigenvalue weighted by molar-refractivity contribution is -0.118. The number of aromatic nitrogens is 2. The third kappa shape index (κ3) is 5.13. The third-order valence-corrected chi connectivity index (χ3v) is 5.68. The molecule has 0 N–H and O–H groups in total. The molecule has 1 heterocycles. The summed E-state index contributed by atoms with van der Waals surface area (Å²) >= 11 is 0. The molecule has 1 aliphatic rings. The summed E-state index contributed by atoms with van der Waals surface area (Å²) in [5, 5.41) is 0. The SMILES string of the molecule is CC(=O)C[C@@H](C)COC1CCC(Oc2nc3ccc(C(C)C)cc3n2C)CC1. The minimum Gasteiger partial charge on any atom is -0.461 e. The van der Waals surface area contributed by atoms with Crippen molar-refractivity contribution in [2.75, 3.05) is 6.61 Å². The lowest BCUT2D eigenvalue weighted by Gasteiger charge is -2.29. The van der Waals surface area contributed by atoms with Crippen LogP contribution in [0.4, 0.5) is 0 Å². The van der Waals surface area contributed by atoms with Gasteiger partial charge in [-0.2, -0.15) is 4.98 Å². The molecule has 28 heavy (non-hydrogen) atoms. The molecule has 1 aromatic carbocycles. The van der Waals surface area contributed by atoms with Crippen LogP contribution in [0.2, 0.25) is 0 Å². The van der Waals surface area contributed by atoms with Crippen molar-refractivity contribution in [2.24, 2.45) is 13.0 Å². The van der Waals surface area contributed by atoms with Crippen LogP contribution >= 0.6 is 0 Å². The number of ether oxygens (including phenoxy) is 2. The Morgan fingerprint density at radius 3 is 2.50 bits per heavy atom. The summed E-state index contributed by atoms with van der Waals surface area (Å²) in [6.07, 6.45) is 5.03. The van der Waals surface area contributed by atoms with Crippen LogP contribution < -0.4 is 4.74 Å². The number of carbonyl (C=O) groups is 1. The van der Waals surface area contributed by atoms with Crippen molar-refractivity contribution >= 4 is 16.8 Å². The Kier molecular flexibility index (Phi) is 6.76. The van der Waals surface area contributed by atoms with Crippen molar-refractivity contribution in [2.45, 2.75) is 77.9 Å². The van der Waals surface area contributed by atoms with Gasteiger partial charge < -0.3 is 14.3 Å². The topological polar surface area (TPSA) is 53.4 Å². The molecule has 0 amide bonds. The van der Waals surface area contributed by atoms with Gasteiger partial charge in [-0.15, -0.1) is 0 Å². The number of nitrogens with zero attached hydrogens (tertiary/aromatic N) is 2. The Hall–Kier alpha value is -1.88. The van der Waals surface area contributed by atoms with E-state index in [9.17, 15) is 4.79 Å². The van der Waals surface area contributed by atoms with E-state index in [1.165, 1.54) is 5.56 Å². The van der Waals surface area contributed by atoms with Crippen molar-refractivity contribution < 1.29 is 14.3 Å². The van der Waals surface area contributed by atoms with Gasteiger partial charge in [-0.25, -0.2) is 0 Å². The summed E-state index contributed by atoms with van der Waals surface area (Å²) < 4.78 is 14.3. The van der Waals surface area contributed by atoms with E-state index in [0.29, 0.717) is 30.9 Å². The van der Waals surface area contributed by atoms with E-state index in [1.807, 2.05) is 7.05 Å². The van der Waals surface area contributed by atoms with Crippen LogP contribution in [-0.2, 0) is 16.6 Å². The maximum absolute atomic E-state index is 11.2. The summed E-state index contributed by atoms with van der Waals surface area (Å²) in [4.78, 5) is 15.9. The number of hydrogen-bond acceptors (Lipinski definition) is 4. The molecule has 1 aromatic heterocycles. The van der Waals surface area contributed by atoms with Gasteiger partial charge in [0.1, 0.15) is 11.9 Å². The molecule has 1 atom stereocenters. The quantitative estimate of drug-likeness (QED) is 0.639. The Morgan fingerprint density at radius 1 is 1.18 bits per heavy atom. The normalized spacial score (nSPS) is 21.2. The molecule has 1 saturated carbocycles. The highest BCUT2D eigenvalue weighted by molar-refractivity contribution is 5.77.